The van der Waals surface area contributed by atoms with E-state index in [1.54, 1.807) is 11.1 Å². The number of hydrogen-bond acceptors (Lipinski definition) is 4. The average molecular weight is 234 g/mol. The Bertz CT molecular complexity index is 419. The number of anilines is 1. The predicted molar refractivity (Wildman–Crippen MR) is 66.7 cm³/mol. The summed E-state index contributed by atoms with van der Waals surface area (Å²) < 4.78 is 0. The molecule has 1 atom stereocenters. The smallest absolute Gasteiger partial charge is 0.241 e. The van der Waals surface area contributed by atoms with Crippen LogP contribution in [-0.2, 0) is 4.79 Å². The third-order valence-electron chi connectivity index (χ3n) is 3.08. The molecule has 1 aliphatic rings. The Morgan fingerprint density at radius 1 is 1.47 bits per heavy atom. The molecule has 0 radical (unpaired) electrons. The molecule has 0 saturated carbocycles. The molecule has 0 bridgehead atoms. The van der Waals surface area contributed by atoms with Crippen LogP contribution in [0.3, 0.4) is 0 Å². The Labute approximate surface area is 101 Å². The normalized spacial score (nSPS) is 18.4. The number of carbonyl (C=O) groups excluding carboxylic acids is 1. The summed E-state index contributed by atoms with van der Waals surface area (Å²) in [5.41, 5.74) is 6.88. The third kappa shape index (κ3) is 2.55. The Morgan fingerprint density at radius 2 is 2.24 bits per heavy atom. The minimum Gasteiger partial charge on any atom is -0.346 e. The first-order valence-electron chi connectivity index (χ1n) is 5.78. The van der Waals surface area contributed by atoms with Crippen molar-refractivity contribution in [3.8, 4) is 0 Å². The van der Waals surface area contributed by atoms with Gasteiger partial charge in [0.1, 0.15) is 5.82 Å². The molecule has 17 heavy (non-hydrogen) atoms. The highest BCUT2D eigenvalue weighted by Crippen LogP contribution is 2.18. The van der Waals surface area contributed by atoms with Gasteiger partial charge < -0.3 is 15.5 Å². The van der Waals surface area contributed by atoms with E-state index in [2.05, 4.69) is 4.98 Å². The lowest BCUT2D eigenvalue weighted by Crippen LogP contribution is -2.48. The number of pyridine rings is 1. The van der Waals surface area contributed by atoms with Crippen molar-refractivity contribution in [1.82, 2.24) is 9.88 Å². The van der Waals surface area contributed by atoms with Crippen molar-refractivity contribution in [2.24, 2.45) is 5.73 Å². The van der Waals surface area contributed by atoms with Crippen LogP contribution in [0.2, 0.25) is 0 Å². The van der Waals surface area contributed by atoms with Gasteiger partial charge in [0.05, 0.1) is 6.54 Å². The molecule has 1 unspecified atom stereocenters. The Morgan fingerprint density at radius 3 is 2.88 bits per heavy atom. The molecule has 0 aromatic carbocycles. The van der Waals surface area contributed by atoms with E-state index in [4.69, 9.17) is 5.73 Å². The quantitative estimate of drug-likeness (QED) is 0.803. The van der Waals surface area contributed by atoms with Gasteiger partial charge in [0, 0.05) is 32.4 Å². The SMILES string of the molecule is CC(N)c1ccnc(N2CCN(C)C(=O)C2)c1. The van der Waals surface area contributed by atoms with Gasteiger partial charge in [-0.25, -0.2) is 4.98 Å². The minimum absolute atomic E-state index is 0.0140. The summed E-state index contributed by atoms with van der Waals surface area (Å²) in [7, 11) is 1.82. The number of piperazine rings is 1. The fraction of sp³-hybridized carbons (Fsp3) is 0.500. The van der Waals surface area contributed by atoms with Gasteiger partial charge in [-0.05, 0) is 24.6 Å². The zero-order valence-electron chi connectivity index (χ0n) is 10.3. The molecule has 1 aromatic rings. The van der Waals surface area contributed by atoms with Gasteiger partial charge in [-0.15, -0.1) is 0 Å². The van der Waals surface area contributed by atoms with Crippen LogP contribution < -0.4 is 10.6 Å². The Balaban J connectivity index is 2.17. The maximum atomic E-state index is 11.6. The number of rotatable bonds is 2. The molecule has 5 nitrogen and oxygen atoms in total. The lowest BCUT2D eigenvalue weighted by molar-refractivity contribution is -0.129. The van der Waals surface area contributed by atoms with Crippen molar-refractivity contribution in [3.63, 3.8) is 0 Å². The van der Waals surface area contributed by atoms with Gasteiger partial charge in [-0.2, -0.15) is 0 Å². The first-order valence-corrected chi connectivity index (χ1v) is 5.78. The summed E-state index contributed by atoms with van der Waals surface area (Å²) in [6, 6.07) is 3.86. The Kier molecular flexibility index (Phi) is 3.28. The molecule has 92 valence electrons. The van der Waals surface area contributed by atoms with Crippen LogP contribution in [0.15, 0.2) is 18.3 Å². The molecular formula is C12H18N4O. The number of nitrogens with two attached hydrogens (primary N) is 1. The lowest BCUT2D eigenvalue weighted by atomic mass is 10.1. The van der Waals surface area contributed by atoms with Gasteiger partial charge in [-0.3, -0.25) is 4.79 Å². The molecule has 1 aliphatic heterocycles. The molecule has 1 amide bonds. The molecule has 5 heteroatoms. The number of carbonyl (C=O) groups is 1. The number of likely N-dealkylation sites (N-methyl/N-ethyl adjacent to an activating group) is 1. The zero-order valence-corrected chi connectivity index (χ0v) is 10.3. The number of amides is 1. The van der Waals surface area contributed by atoms with Crippen molar-refractivity contribution < 1.29 is 4.79 Å². The second-order valence-electron chi connectivity index (χ2n) is 4.47. The maximum absolute atomic E-state index is 11.6. The van der Waals surface area contributed by atoms with Gasteiger partial charge in [0.25, 0.3) is 0 Å². The zero-order chi connectivity index (χ0) is 12.4. The molecule has 2 heterocycles. The molecular weight excluding hydrogens is 216 g/mol. The van der Waals surface area contributed by atoms with E-state index in [1.165, 1.54) is 0 Å². The summed E-state index contributed by atoms with van der Waals surface area (Å²) in [5, 5.41) is 0. The lowest BCUT2D eigenvalue weighted by Gasteiger charge is -2.32. The first-order chi connectivity index (χ1) is 8.08. The van der Waals surface area contributed by atoms with E-state index in [9.17, 15) is 4.79 Å². The third-order valence-corrected chi connectivity index (χ3v) is 3.08. The largest absolute Gasteiger partial charge is 0.346 e. The van der Waals surface area contributed by atoms with Crippen LogP contribution >= 0.6 is 0 Å². The summed E-state index contributed by atoms with van der Waals surface area (Å²) in [5.74, 6) is 0.963. The van der Waals surface area contributed by atoms with Crippen molar-refractivity contribution in [1.29, 1.82) is 0 Å². The summed E-state index contributed by atoms with van der Waals surface area (Å²) >= 11 is 0. The van der Waals surface area contributed by atoms with Gasteiger partial charge in [0.15, 0.2) is 0 Å². The Hall–Kier alpha value is -1.62. The van der Waals surface area contributed by atoms with Crippen LogP contribution in [0.5, 0.6) is 0 Å². The highest BCUT2D eigenvalue weighted by Gasteiger charge is 2.22. The van der Waals surface area contributed by atoms with Crippen LogP contribution in [0.25, 0.3) is 0 Å². The van der Waals surface area contributed by atoms with Gasteiger partial charge in [0.2, 0.25) is 5.91 Å². The first kappa shape index (κ1) is 11.9. The minimum atomic E-state index is -0.0140. The van der Waals surface area contributed by atoms with E-state index in [0.29, 0.717) is 6.54 Å². The predicted octanol–water partition coefficient (Wildman–Crippen LogP) is 0.380. The summed E-state index contributed by atoms with van der Waals surface area (Å²) in [6.07, 6.45) is 1.75. The number of hydrogen-bond donors (Lipinski definition) is 1. The van der Waals surface area contributed by atoms with Crippen molar-refractivity contribution in [3.05, 3.63) is 23.9 Å². The summed E-state index contributed by atoms with van der Waals surface area (Å²) in [4.78, 5) is 19.7. The van der Waals surface area contributed by atoms with Crippen LogP contribution in [0.1, 0.15) is 18.5 Å². The monoisotopic (exact) mass is 234 g/mol. The molecule has 0 aliphatic carbocycles. The van der Waals surface area contributed by atoms with E-state index in [0.717, 1.165) is 24.5 Å². The van der Waals surface area contributed by atoms with Crippen molar-refractivity contribution in [2.45, 2.75) is 13.0 Å². The topological polar surface area (TPSA) is 62.5 Å². The van der Waals surface area contributed by atoms with Crippen molar-refractivity contribution in [2.75, 3.05) is 31.6 Å². The fourth-order valence-electron chi connectivity index (χ4n) is 1.84. The molecule has 2 rings (SSSR count). The molecule has 0 spiro atoms. The number of nitrogens with zero attached hydrogens (tertiary/aromatic N) is 3. The second kappa shape index (κ2) is 4.71. The highest BCUT2D eigenvalue weighted by molar-refractivity contribution is 5.82. The van der Waals surface area contributed by atoms with E-state index in [1.807, 2.05) is 31.0 Å². The van der Waals surface area contributed by atoms with Crippen LogP contribution in [0.4, 0.5) is 5.82 Å². The van der Waals surface area contributed by atoms with Gasteiger partial charge >= 0.3 is 0 Å². The standard InChI is InChI=1S/C12H18N4O/c1-9(13)10-3-4-14-11(7-10)16-6-5-15(2)12(17)8-16/h3-4,7,9H,5-6,8,13H2,1-2H3. The van der Waals surface area contributed by atoms with Crippen LogP contribution in [0, 0.1) is 0 Å². The van der Waals surface area contributed by atoms with Gasteiger partial charge in [-0.1, -0.05) is 0 Å². The maximum Gasteiger partial charge on any atom is 0.241 e. The van der Waals surface area contributed by atoms with Crippen molar-refractivity contribution >= 4 is 11.7 Å². The molecule has 1 fully saturated rings. The number of aromatic nitrogens is 1. The van der Waals surface area contributed by atoms with E-state index in [-0.39, 0.29) is 11.9 Å². The fourth-order valence-corrected chi connectivity index (χ4v) is 1.84. The highest BCUT2D eigenvalue weighted by atomic mass is 16.2. The van der Waals surface area contributed by atoms with E-state index < -0.39 is 0 Å². The molecule has 2 N–H and O–H groups in total. The molecule has 1 aromatic heterocycles. The summed E-state index contributed by atoms with van der Waals surface area (Å²) in [6.45, 7) is 3.89. The second-order valence-corrected chi connectivity index (χ2v) is 4.47. The average Bonchev–Trinajstić information content (AvgIpc) is 2.33. The molecule has 1 saturated heterocycles. The van der Waals surface area contributed by atoms with E-state index >= 15 is 0 Å². The van der Waals surface area contributed by atoms with Crippen LogP contribution in [-0.4, -0.2) is 42.5 Å².